The first kappa shape index (κ1) is 39.8. The highest BCUT2D eigenvalue weighted by Gasteiger charge is 2.67. The number of carbonyl (C=O) groups is 1. The highest BCUT2D eigenvalue weighted by molar-refractivity contribution is 5.84. The van der Waals surface area contributed by atoms with E-state index in [0.29, 0.717) is 51.4 Å². The number of rotatable bonds is 15. The number of aliphatic hydroxyl groups is 5. The molecule has 46 heavy (non-hydrogen) atoms. The predicted octanol–water partition coefficient (Wildman–Crippen LogP) is 5.36. The van der Waals surface area contributed by atoms with Gasteiger partial charge in [-0.3, -0.25) is 4.79 Å². The standard InChI is InChI=1S/C37H68O9/c1-12-17-28(38)35(16-5)20-22(7)37(43,46-35)34(11)19-21(6)32(44-34)26(14-3)30(40)23(8)29(39)24(9)33-27(15-4)31(41)25(10)36(42,45-33)18-13-2/h21-29,31-33,38-39,41-43H,12-20H2,1-11H3/t21-,22+,23-,24-,25-,26-,27+,28-,29+,31-,32-,33+,34-,35+,36-,37+/m0/s1. The smallest absolute Gasteiger partial charge is 0.198 e. The van der Waals surface area contributed by atoms with E-state index >= 15 is 0 Å². The van der Waals surface area contributed by atoms with Crippen LogP contribution in [0, 0.1) is 41.4 Å². The van der Waals surface area contributed by atoms with E-state index in [1.54, 1.807) is 13.8 Å². The summed E-state index contributed by atoms with van der Waals surface area (Å²) >= 11 is 0. The largest absolute Gasteiger partial charge is 0.392 e. The van der Waals surface area contributed by atoms with Gasteiger partial charge in [0.1, 0.15) is 11.4 Å². The molecule has 0 aromatic heterocycles. The van der Waals surface area contributed by atoms with E-state index in [1.165, 1.54) is 0 Å². The molecule has 0 aromatic carbocycles. The summed E-state index contributed by atoms with van der Waals surface area (Å²) in [6.07, 6.45) is 1.43. The van der Waals surface area contributed by atoms with Crippen LogP contribution in [0.15, 0.2) is 0 Å². The Bertz CT molecular complexity index is 1010. The van der Waals surface area contributed by atoms with Crippen molar-refractivity contribution in [2.75, 3.05) is 0 Å². The molecule has 3 heterocycles. The highest BCUT2D eigenvalue weighted by Crippen LogP contribution is 2.56. The van der Waals surface area contributed by atoms with Gasteiger partial charge < -0.3 is 39.7 Å². The van der Waals surface area contributed by atoms with Crippen molar-refractivity contribution >= 4 is 5.78 Å². The maximum Gasteiger partial charge on any atom is 0.198 e. The summed E-state index contributed by atoms with van der Waals surface area (Å²) in [5.74, 6) is -6.17. The van der Waals surface area contributed by atoms with Crippen LogP contribution >= 0.6 is 0 Å². The van der Waals surface area contributed by atoms with Gasteiger partial charge in [-0.15, -0.1) is 0 Å². The van der Waals surface area contributed by atoms with Crippen molar-refractivity contribution in [3.63, 3.8) is 0 Å². The molecule has 0 spiro atoms. The molecular weight excluding hydrogens is 588 g/mol. The minimum atomic E-state index is -1.64. The number of hydrogen-bond acceptors (Lipinski definition) is 9. The Morgan fingerprint density at radius 3 is 2.09 bits per heavy atom. The Hall–Kier alpha value is -0.650. The first-order valence-corrected chi connectivity index (χ1v) is 18.5. The first-order valence-electron chi connectivity index (χ1n) is 18.5. The Morgan fingerprint density at radius 1 is 0.935 bits per heavy atom. The van der Waals surface area contributed by atoms with E-state index in [1.807, 2.05) is 62.3 Å². The van der Waals surface area contributed by atoms with E-state index in [0.717, 1.165) is 6.42 Å². The third-order valence-corrected chi connectivity index (χ3v) is 12.6. The van der Waals surface area contributed by atoms with Gasteiger partial charge in [0.15, 0.2) is 11.6 Å². The van der Waals surface area contributed by atoms with Crippen molar-refractivity contribution in [1.29, 1.82) is 0 Å². The normalized spacial score (nSPS) is 44.9. The third kappa shape index (κ3) is 6.87. The SMILES string of the molecule is CCC[C@H](O)[C@@]1(CC)C[C@@H](C)[C@](O)([C@]2(C)C[C@H](C)[C@@H]([C@@H](CC)C(=O)[C@@H](C)[C@@H](O)[C@H](C)[C@H]3O[C@@](O)(CCC)[C@@H](C)[C@H](O)[C@H]3CC)O2)O1. The van der Waals surface area contributed by atoms with E-state index in [2.05, 4.69) is 0 Å². The molecule has 3 saturated heterocycles. The fourth-order valence-corrected chi connectivity index (χ4v) is 9.46. The summed E-state index contributed by atoms with van der Waals surface area (Å²) in [7, 11) is 0. The van der Waals surface area contributed by atoms with Crippen molar-refractivity contribution < 1.29 is 44.5 Å². The van der Waals surface area contributed by atoms with Gasteiger partial charge in [-0.25, -0.2) is 0 Å². The average Bonchev–Trinajstić information content (AvgIpc) is 3.48. The Morgan fingerprint density at radius 2 is 1.57 bits per heavy atom. The molecule has 0 radical (unpaired) electrons. The number of ketones is 1. The molecular formula is C37H68O9. The van der Waals surface area contributed by atoms with Crippen LogP contribution in [-0.4, -0.2) is 84.6 Å². The third-order valence-electron chi connectivity index (χ3n) is 12.6. The Balaban J connectivity index is 1.82. The number of Topliss-reactive ketones (excluding diaryl/α,β-unsaturated/α-hetero) is 1. The molecule has 9 nitrogen and oxygen atoms in total. The van der Waals surface area contributed by atoms with Gasteiger partial charge in [-0.2, -0.15) is 0 Å². The summed E-state index contributed by atoms with van der Waals surface area (Å²) in [4.78, 5) is 14.2. The summed E-state index contributed by atoms with van der Waals surface area (Å²) < 4.78 is 19.6. The molecule has 5 N–H and O–H groups in total. The zero-order valence-electron chi connectivity index (χ0n) is 30.7. The molecule has 0 aromatic rings. The van der Waals surface area contributed by atoms with Crippen LogP contribution in [0.5, 0.6) is 0 Å². The summed E-state index contributed by atoms with van der Waals surface area (Å²) in [6.45, 7) is 21.1. The second-order valence-electron chi connectivity index (χ2n) is 15.7. The summed E-state index contributed by atoms with van der Waals surface area (Å²) in [6, 6.07) is 0. The van der Waals surface area contributed by atoms with Crippen LogP contribution in [0.2, 0.25) is 0 Å². The van der Waals surface area contributed by atoms with Crippen LogP contribution in [-0.2, 0) is 19.0 Å². The zero-order chi connectivity index (χ0) is 35.0. The molecule has 0 aliphatic carbocycles. The molecule has 0 amide bonds. The van der Waals surface area contributed by atoms with Crippen molar-refractivity contribution in [2.24, 2.45) is 41.4 Å². The van der Waals surface area contributed by atoms with E-state index in [4.69, 9.17) is 14.2 Å². The lowest BCUT2D eigenvalue weighted by Gasteiger charge is -2.51. The second-order valence-corrected chi connectivity index (χ2v) is 15.7. The van der Waals surface area contributed by atoms with Crippen LogP contribution in [0.1, 0.15) is 134 Å². The molecule has 3 aliphatic rings. The maximum atomic E-state index is 14.2. The van der Waals surface area contributed by atoms with Crippen molar-refractivity contribution in [1.82, 2.24) is 0 Å². The molecule has 3 fully saturated rings. The lowest BCUT2D eigenvalue weighted by molar-refractivity contribution is -0.334. The fraction of sp³-hybridized carbons (Fsp3) is 0.973. The molecule has 0 bridgehead atoms. The molecule has 0 saturated carbocycles. The Kier molecular flexibility index (Phi) is 13.0. The minimum absolute atomic E-state index is 0.0653. The van der Waals surface area contributed by atoms with Gasteiger partial charge in [0.05, 0.1) is 36.1 Å². The number of ether oxygens (including phenoxy) is 3. The van der Waals surface area contributed by atoms with E-state index < -0.39 is 77.0 Å². The van der Waals surface area contributed by atoms with Crippen LogP contribution in [0.4, 0.5) is 0 Å². The highest BCUT2D eigenvalue weighted by atomic mass is 16.7. The molecule has 9 heteroatoms. The van der Waals surface area contributed by atoms with Crippen molar-refractivity contribution in [2.45, 2.75) is 187 Å². The lowest BCUT2D eigenvalue weighted by atomic mass is 9.71. The average molecular weight is 657 g/mol. The number of aliphatic hydroxyl groups excluding tert-OH is 3. The molecule has 270 valence electrons. The van der Waals surface area contributed by atoms with Crippen molar-refractivity contribution in [3.05, 3.63) is 0 Å². The number of hydrogen-bond donors (Lipinski definition) is 5. The van der Waals surface area contributed by atoms with Gasteiger partial charge in [0.2, 0.25) is 0 Å². The van der Waals surface area contributed by atoms with Gasteiger partial charge >= 0.3 is 0 Å². The van der Waals surface area contributed by atoms with Crippen LogP contribution in [0.25, 0.3) is 0 Å². The van der Waals surface area contributed by atoms with E-state index in [9.17, 15) is 30.3 Å². The summed E-state index contributed by atoms with van der Waals surface area (Å²) in [5, 5.41) is 57.5. The second kappa shape index (κ2) is 15.1. The van der Waals surface area contributed by atoms with Gasteiger partial charge in [0, 0.05) is 41.9 Å². The predicted molar refractivity (Wildman–Crippen MR) is 178 cm³/mol. The lowest BCUT2D eigenvalue weighted by Crippen LogP contribution is -2.60. The fourth-order valence-electron chi connectivity index (χ4n) is 9.46. The van der Waals surface area contributed by atoms with Gasteiger partial charge in [0.25, 0.3) is 0 Å². The van der Waals surface area contributed by atoms with Gasteiger partial charge in [-0.05, 0) is 51.4 Å². The topological polar surface area (TPSA) is 146 Å². The molecule has 3 aliphatic heterocycles. The first-order chi connectivity index (χ1) is 21.4. The van der Waals surface area contributed by atoms with E-state index in [-0.39, 0.29) is 23.5 Å². The monoisotopic (exact) mass is 656 g/mol. The quantitative estimate of drug-likeness (QED) is 0.157. The molecule has 0 unspecified atom stereocenters. The summed E-state index contributed by atoms with van der Waals surface area (Å²) in [5.41, 5.74) is -1.96. The Labute approximate surface area is 278 Å². The van der Waals surface area contributed by atoms with Crippen LogP contribution < -0.4 is 0 Å². The molecule has 16 atom stereocenters. The maximum absolute atomic E-state index is 14.2. The number of carbonyl (C=O) groups excluding carboxylic acids is 1. The van der Waals surface area contributed by atoms with Gasteiger partial charge in [-0.1, -0.05) is 82.1 Å². The van der Waals surface area contributed by atoms with Crippen molar-refractivity contribution in [3.8, 4) is 0 Å². The van der Waals surface area contributed by atoms with Crippen LogP contribution in [0.3, 0.4) is 0 Å². The molecule has 3 rings (SSSR count). The zero-order valence-corrected chi connectivity index (χ0v) is 30.7. The minimum Gasteiger partial charge on any atom is -0.392 e.